The largest absolute Gasteiger partial charge is 0.493 e. The van der Waals surface area contributed by atoms with Crippen LogP contribution in [0.5, 0.6) is 17.2 Å². The zero-order valence-electron chi connectivity index (χ0n) is 15.7. The second kappa shape index (κ2) is 10.2. The summed E-state index contributed by atoms with van der Waals surface area (Å²) in [5.41, 5.74) is 0.814. The molecule has 0 bridgehead atoms. The van der Waals surface area contributed by atoms with Crippen LogP contribution in [0.2, 0.25) is 0 Å². The number of rotatable bonds is 9. The highest BCUT2D eigenvalue weighted by molar-refractivity contribution is 5.91. The number of benzene rings is 2. The number of ether oxygens (including phenoxy) is 3. The number of carbonyl (C=O) groups is 1. The Morgan fingerprint density at radius 1 is 1.19 bits per heavy atom. The van der Waals surface area contributed by atoms with Crippen LogP contribution in [0.3, 0.4) is 0 Å². The van der Waals surface area contributed by atoms with Gasteiger partial charge in [0.05, 0.1) is 19.8 Å². The Balaban J connectivity index is 1.81. The molecule has 0 atom stereocenters. The first kappa shape index (κ1) is 20.3. The van der Waals surface area contributed by atoms with Crippen LogP contribution >= 0.6 is 0 Å². The molecule has 2 aromatic carbocycles. The molecule has 1 N–H and O–H groups in total. The van der Waals surface area contributed by atoms with Crippen molar-refractivity contribution in [2.75, 3.05) is 20.3 Å². The number of hydrogen-bond donors (Lipinski definition) is 1. The lowest BCUT2D eigenvalue weighted by Crippen LogP contribution is -2.26. The third kappa shape index (κ3) is 7.01. The van der Waals surface area contributed by atoms with E-state index in [4.69, 9.17) is 14.2 Å². The van der Waals surface area contributed by atoms with Gasteiger partial charge in [-0.15, -0.1) is 0 Å². The maximum atomic E-state index is 13.0. The van der Waals surface area contributed by atoms with E-state index in [0.717, 1.165) is 5.56 Å². The highest BCUT2D eigenvalue weighted by atomic mass is 19.1. The molecule has 2 rings (SSSR count). The van der Waals surface area contributed by atoms with E-state index in [1.54, 1.807) is 31.4 Å². The van der Waals surface area contributed by atoms with Crippen molar-refractivity contribution in [2.45, 2.75) is 20.0 Å². The van der Waals surface area contributed by atoms with Gasteiger partial charge in [0, 0.05) is 12.1 Å². The Morgan fingerprint density at radius 2 is 2.00 bits per heavy atom. The SMILES string of the molecule is COc1cc(/C=C/C(=O)NCCOc2cccc(F)c2)ccc1OC(C)C. The fourth-order valence-corrected chi connectivity index (χ4v) is 2.27. The van der Waals surface area contributed by atoms with E-state index in [-0.39, 0.29) is 24.4 Å². The van der Waals surface area contributed by atoms with Crippen molar-refractivity contribution in [1.29, 1.82) is 0 Å². The Bertz CT molecular complexity index is 790. The summed E-state index contributed by atoms with van der Waals surface area (Å²) in [6, 6.07) is 11.3. The summed E-state index contributed by atoms with van der Waals surface area (Å²) in [5.74, 6) is 1.08. The number of halogens is 1. The monoisotopic (exact) mass is 373 g/mol. The van der Waals surface area contributed by atoms with E-state index < -0.39 is 0 Å². The molecule has 6 heteroatoms. The Kier molecular flexibility index (Phi) is 7.67. The average Bonchev–Trinajstić information content (AvgIpc) is 2.64. The topological polar surface area (TPSA) is 56.8 Å². The van der Waals surface area contributed by atoms with Crippen molar-refractivity contribution in [1.82, 2.24) is 5.32 Å². The molecule has 0 saturated carbocycles. The summed E-state index contributed by atoms with van der Waals surface area (Å²) in [6.45, 7) is 4.44. The molecule has 0 aromatic heterocycles. The number of methoxy groups -OCH3 is 1. The van der Waals surface area contributed by atoms with Crippen molar-refractivity contribution in [3.8, 4) is 17.2 Å². The van der Waals surface area contributed by atoms with Gasteiger partial charge in [-0.05, 0) is 49.8 Å². The summed E-state index contributed by atoms with van der Waals surface area (Å²) >= 11 is 0. The minimum Gasteiger partial charge on any atom is -0.493 e. The fourth-order valence-electron chi connectivity index (χ4n) is 2.27. The molecule has 0 radical (unpaired) electrons. The Morgan fingerprint density at radius 3 is 2.70 bits per heavy atom. The fraction of sp³-hybridized carbons (Fsp3) is 0.286. The number of amides is 1. The van der Waals surface area contributed by atoms with Gasteiger partial charge in [0.15, 0.2) is 11.5 Å². The van der Waals surface area contributed by atoms with Crippen molar-refractivity contribution in [3.05, 3.63) is 59.9 Å². The summed E-state index contributed by atoms with van der Waals surface area (Å²) in [5, 5.41) is 2.70. The first-order valence-electron chi connectivity index (χ1n) is 8.67. The van der Waals surface area contributed by atoms with Gasteiger partial charge >= 0.3 is 0 Å². The lowest BCUT2D eigenvalue weighted by molar-refractivity contribution is -0.116. The van der Waals surface area contributed by atoms with E-state index in [1.807, 2.05) is 26.0 Å². The Hall–Kier alpha value is -3.02. The second-order valence-corrected chi connectivity index (χ2v) is 6.01. The van der Waals surface area contributed by atoms with Gasteiger partial charge in [0.1, 0.15) is 18.2 Å². The molecule has 144 valence electrons. The summed E-state index contributed by atoms with van der Waals surface area (Å²) in [6.07, 6.45) is 3.16. The maximum Gasteiger partial charge on any atom is 0.244 e. The van der Waals surface area contributed by atoms with Gasteiger partial charge in [0.2, 0.25) is 5.91 Å². The third-order valence-corrected chi connectivity index (χ3v) is 3.44. The van der Waals surface area contributed by atoms with Crippen LogP contribution in [-0.2, 0) is 4.79 Å². The molecule has 27 heavy (non-hydrogen) atoms. The minimum absolute atomic E-state index is 0.0423. The third-order valence-electron chi connectivity index (χ3n) is 3.44. The van der Waals surface area contributed by atoms with E-state index >= 15 is 0 Å². The van der Waals surface area contributed by atoms with E-state index in [1.165, 1.54) is 18.2 Å². The number of carbonyl (C=O) groups excluding carboxylic acids is 1. The van der Waals surface area contributed by atoms with Gasteiger partial charge in [-0.2, -0.15) is 0 Å². The standard InChI is InChI=1S/C21H24FNO4/c1-15(2)27-19-9-7-16(13-20(19)25-3)8-10-21(24)23-11-12-26-18-6-4-5-17(22)14-18/h4-10,13-15H,11-12H2,1-3H3,(H,23,24)/b10-8+. The molecule has 2 aromatic rings. The highest BCUT2D eigenvalue weighted by Gasteiger charge is 2.06. The summed E-state index contributed by atoms with van der Waals surface area (Å²) in [7, 11) is 1.57. The van der Waals surface area contributed by atoms with Gasteiger partial charge in [-0.25, -0.2) is 4.39 Å². The molecule has 0 saturated heterocycles. The molecule has 0 heterocycles. The van der Waals surface area contributed by atoms with Crippen LogP contribution in [0.15, 0.2) is 48.5 Å². The van der Waals surface area contributed by atoms with Crippen molar-refractivity contribution >= 4 is 12.0 Å². The molecule has 0 spiro atoms. The van der Waals surface area contributed by atoms with Gasteiger partial charge in [-0.3, -0.25) is 4.79 Å². The van der Waals surface area contributed by atoms with E-state index in [0.29, 0.717) is 23.8 Å². The molecule has 5 nitrogen and oxygen atoms in total. The van der Waals surface area contributed by atoms with Crippen molar-refractivity contribution < 1.29 is 23.4 Å². The lowest BCUT2D eigenvalue weighted by atomic mass is 10.2. The first-order chi connectivity index (χ1) is 13.0. The quantitative estimate of drug-likeness (QED) is 0.536. The molecule has 0 fully saturated rings. The van der Waals surface area contributed by atoms with Crippen molar-refractivity contribution in [3.63, 3.8) is 0 Å². The van der Waals surface area contributed by atoms with Gasteiger partial charge < -0.3 is 19.5 Å². The molecule has 0 unspecified atom stereocenters. The molecule has 1 amide bonds. The van der Waals surface area contributed by atoms with Crippen LogP contribution in [0, 0.1) is 5.82 Å². The predicted octanol–water partition coefficient (Wildman–Crippen LogP) is 3.83. The average molecular weight is 373 g/mol. The van der Waals surface area contributed by atoms with Crippen LogP contribution in [0.4, 0.5) is 4.39 Å². The molecule has 0 aliphatic carbocycles. The number of hydrogen-bond acceptors (Lipinski definition) is 4. The zero-order chi connectivity index (χ0) is 19.6. The van der Waals surface area contributed by atoms with Crippen LogP contribution in [-0.4, -0.2) is 32.3 Å². The van der Waals surface area contributed by atoms with Crippen LogP contribution in [0.25, 0.3) is 6.08 Å². The van der Waals surface area contributed by atoms with Gasteiger partial charge in [-0.1, -0.05) is 12.1 Å². The zero-order valence-corrected chi connectivity index (χ0v) is 15.7. The van der Waals surface area contributed by atoms with Gasteiger partial charge in [0.25, 0.3) is 0 Å². The summed E-state index contributed by atoms with van der Waals surface area (Å²) in [4.78, 5) is 11.9. The second-order valence-electron chi connectivity index (χ2n) is 6.01. The normalized spacial score (nSPS) is 10.9. The lowest BCUT2D eigenvalue weighted by Gasteiger charge is -2.13. The van der Waals surface area contributed by atoms with E-state index in [9.17, 15) is 9.18 Å². The first-order valence-corrected chi connectivity index (χ1v) is 8.67. The maximum absolute atomic E-state index is 13.0. The van der Waals surface area contributed by atoms with Crippen LogP contribution in [0.1, 0.15) is 19.4 Å². The predicted molar refractivity (Wildman–Crippen MR) is 103 cm³/mol. The van der Waals surface area contributed by atoms with Crippen molar-refractivity contribution in [2.24, 2.45) is 0 Å². The highest BCUT2D eigenvalue weighted by Crippen LogP contribution is 2.29. The molecular formula is C21H24FNO4. The number of nitrogens with one attached hydrogen (secondary N) is 1. The Labute approximate surface area is 158 Å². The van der Waals surface area contributed by atoms with Crippen LogP contribution < -0.4 is 19.5 Å². The summed E-state index contributed by atoms with van der Waals surface area (Å²) < 4.78 is 29.4. The minimum atomic E-state index is -0.361. The molecule has 0 aliphatic heterocycles. The van der Waals surface area contributed by atoms with E-state index in [2.05, 4.69) is 5.32 Å². The molecule has 0 aliphatic rings. The smallest absolute Gasteiger partial charge is 0.244 e. The molecular weight excluding hydrogens is 349 g/mol.